The fourth-order valence-electron chi connectivity index (χ4n) is 2.54. The van der Waals surface area contributed by atoms with Crippen LogP contribution in [-0.2, 0) is 6.18 Å². The standard InChI is InChI=1S/C19H14ClF3N4O/c1-11-9-12(3-5-14(11)17-24-7-2-8-25-17)26-18(28)27-13-4-6-16(20)15(10-13)19(21,22)23/h2-10H,1H3,(H2,26,27,28). The van der Waals surface area contributed by atoms with Gasteiger partial charge in [-0.05, 0) is 55.0 Å². The van der Waals surface area contributed by atoms with Gasteiger partial charge in [-0.3, -0.25) is 0 Å². The van der Waals surface area contributed by atoms with E-state index in [1.807, 2.05) is 6.92 Å². The minimum absolute atomic E-state index is 0.0275. The van der Waals surface area contributed by atoms with Gasteiger partial charge in [-0.1, -0.05) is 11.6 Å². The van der Waals surface area contributed by atoms with E-state index in [-0.39, 0.29) is 5.69 Å². The summed E-state index contributed by atoms with van der Waals surface area (Å²) >= 11 is 5.57. The van der Waals surface area contributed by atoms with Crippen molar-refractivity contribution in [3.05, 3.63) is 71.0 Å². The molecule has 3 rings (SSSR count). The average molecular weight is 407 g/mol. The predicted octanol–water partition coefficient (Wildman–Crippen LogP) is 5.77. The molecule has 5 nitrogen and oxygen atoms in total. The summed E-state index contributed by atoms with van der Waals surface area (Å²) in [6.07, 6.45) is -1.36. The molecule has 0 aliphatic carbocycles. The van der Waals surface area contributed by atoms with Crippen molar-refractivity contribution in [2.75, 3.05) is 10.6 Å². The van der Waals surface area contributed by atoms with Gasteiger partial charge in [-0.2, -0.15) is 13.2 Å². The number of carbonyl (C=O) groups is 1. The molecule has 3 aromatic rings. The lowest BCUT2D eigenvalue weighted by atomic mass is 10.1. The van der Waals surface area contributed by atoms with Crippen LogP contribution in [0.25, 0.3) is 11.4 Å². The Kier molecular flexibility index (Phi) is 5.51. The van der Waals surface area contributed by atoms with Gasteiger partial charge in [0.2, 0.25) is 0 Å². The quantitative estimate of drug-likeness (QED) is 0.580. The molecule has 0 unspecified atom stereocenters. The van der Waals surface area contributed by atoms with Crippen LogP contribution in [0.1, 0.15) is 11.1 Å². The van der Waals surface area contributed by atoms with Gasteiger partial charge in [0.05, 0.1) is 10.6 Å². The highest BCUT2D eigenvalue weighted by molar-refractivity contribution is 6.31. The van der Waals surface area contributed by atoms with Crippen LogP contribution in [0.3, 0.4) is 0 Å². The first-order valence-corrected chi connectivity index (χ1v) is 8.44. The van der Waals surface area contributed by atoms with Crippen LogP contribution < -0.4 is 10.6 Å². The van der Waals surface area contributed by atoms with Gasteiger partial charge in [0.1, 0.15) is 0 Å². The highest BCUT2D eigenvalue weighted by Gasteiger charge is 2.33. The molecular formula is C19H14ClF3N4O. The normalized spacial score (nSPS) is 11.2. The van der Waals surface area contributed by atoms with E-state index in [0.29, 0.717) is 11.5 Å². The molecular weight excluding hydrogens is 393 g/mol. The summed E-state index contributed by atoms with van der Waals surface area (Å²) in [7, 11) is 0. The van der Waals surface area contributed by atoms with E-state index >= 15 is 0 Å². The molecule has 1 heterocycles. The van der Waals surface area contributed by atoms with Crippen molar-refractivity contribution in [1.29, 1.82) is 0 Å². The molecule has 0 spiro atoms. The van der Waals surface area contributed by atoms with Crippen LogP contribution in [0.2, 0.25) is 5.02 Å². The largest absolute Gasteiger partial charge is 0.417 e. The molecule has 0 fully saturated rings. The number of rotatable bonds is 3. The smallest absolute Gasteiger partial charge is 0.308 e. The second kappa shape index (κ2) is 7.85. The molecule has 2 amide bonds. The first-order chi connectivity index (χ1) is 13.2. The van der Waals surface area contributed by atoms with E-state index in [2.05, 4.69) is 20.6 Å². The molecule has 0 saturated carbocycles. The second-order valence-corrected chi connectivity index (χ2v) is 6.28. The Labute approximate surface area is 163 Å². The number of halogens is 4. The van der Waals surface area contributed by atoms with E-state index in [9.17, 15) is 18.0 Å². The van der Waals surface area contributed by atoms with Crippen LogP contribution in [0.4, 0.5) is 29.3 Å². The number of anilines is 2. The SMILES string of the molecule is Cc1cc(NC(=O)Nc2ccc(Cl)c(C(F)(F)F)c2)ccc1-c1ncccn1. The van der Waals surface area contributed by atoms with Crippen LogP contribution >= 0.6 is 11.6 Å². The molecule has 0 atom stereocenters. The van der Waals surface area contributed by atoms with E-state index in [0.717, 1.165) is 23.3 Å². The number of hydrogen-bond donors (Lipinski definition) is 2. The lowest BCUT2D eigenvalue weighted by Gasteiger charge is -2.13. The number of carbonyl (C=O) groups excluding carboxylic acids is 1. The topological polar surface area (TPSA) is 66.9 Å². The number of benzene rings is 2. The van der Waals surface area contributed by atoms with Gasteiger partial charge in [0.25, 0.3) is 0 Å². The Morgan fingerprint density at radius 2 is 1.61 bits per heavy atom. The molecule has 0 aliphatic heterocycles. The maximum Gasteiger partial charge on any atom is 0.417 e. The van der Waals surface area contributed by atoms with E-state index in [1.165, 1.54) is 6.07 Å². The van der Waals surface area contributed by atoms with Gasteiger partial charge in [0.15, 0.2) is 5.82 Å². The summed E-state index contributed by atoms with van der Waals surface area (Å²) < 4.78 is 38.7. The van der Waals surface area contributed by atoms with Crippen molar-refractivity contribution in [2.24, 2.45) is 0 Å². The van der Waals surface area contributed by atoms with Crippen LogP contribution in [0, 0.1) is 6.92 Å². The minimum atomic E-state index is -4.61. The molecule has 9 heteroatoms. The maximum atomic E-state index is 12.9. The number of nitrogens with one attached hydrogen (secondary N) is 2. The molecule has 0 aliphatic rings. The Balaban J connectivity index is 1.73. The van der Waals surface area contributed by atoms with Gasteiger partial charge < -0.3 is 10.6 Å². The maximum absolute atomic E-state index is 12.9. The fourth-order valence-corrected chi connectivity index (χ4v) is 2.77. The summed E-state index contributed by atoms with van der Waals surface area (Å²) in [4.78, 5) is 20.5. The fraction of sp³-hybridized carbons (Fsp3) is 0.105. The lowest BCUT2D eigenvalue weighted by Crippen LogP contribution is -2.20. The minimum Gasteiger partial charge on any atom is -0.308 e. The number of nitrogens with zero attached hydrogens (tertiary/aromatic N) is 2. The van der Waals surface area contributed by atoms with Gasteiger partial charge in [-0.15, -0.1) is 0 Å². The summed E-state index contributed by atoms with van der Waals surface area (Å²) in [5.74, 6) is 0.553. The van der Waals surface area contributed by atoms with Gasteiger partial charge >= 0.3 is 12.2 Å². The molecule has 0 bridgehead atoms. The molecule has 2 aromatic carbocycles. The summed E-state index contributed by atoms with van der Waals surface area (Å²) in [6, 6.07) is 9.30. The number of amides is 2. The first-order valence-electron chi connectivity index (χ1n) is 8.07. The monoisotopic (exact) mass is 406 g/mol. The van der Waals surface area contributed by atoms with Crippen LogP contribution in [-0.4, -0.2) is 16.0 Å². The zero-order chi connectivity index (χ0) is 20.3. The zero-order valence-electron chi connectivity index (χ0n) is 14.5. The number of urea groups is 1. The molecule has 0 radical (unpaired) electrons. The highest BCUT2D eigenvalue weighted by atomic mass is 35.5. The Morgan fingerprint density at radius 3 is 2.21 bits per heavy atom. The van der Waals surface area contributed by atoms with Crippen molar-refractivity contribution < 1.29 is 18.0 Å². The summed E-state index contributed by atoms with van der Waals surface area (Å²) in [5, 5.41) is 4.50. The average Bonchev–Trinajstić information content (AvgIpc) is 2.63. The van der Waals surface area contributed by atoms with Gasteiger partial charge in [-0.25, -0.2) is 14.8 Å². The predicted molar refractivity (Wildman–Crippen MR) is 101 cm³/mol. The van der Waals surface area contributed by atoms with Crippen molar-refractivity contribution in [2.45, 2.75) is 13.1 Å². The number of alkyl halides is 3. The molecule has 144 valence electrons. The summed E-state index contributed by atoms with van der Waals surface area (Å²) in [5.41, 5.74) is 1.06. The number of aryl methyl sites for hydroxylation is 1. The van der Waals surface area contributed by atoms with Crippen LogP contribution in [0.15, 0.2) is 54.9 Å². The third-order valence-corrected chi connectivity index (χ3v) is 4.15. The molecule has 28 heavy (non-hydrogen) atoms. The van der Waals surface area contributed by atoms with Crippen molar-refractivity contribution in [1.82, 2.24) is 9.97 Å². The van der Waals surface area contributed by atoms with Crippen LogP contribution in [0.5, 0.6) is 0 Å². The highest BCUT2D eigenvalue weighted by Crippen LogP contribution is 2.36. The van der Waals surface area contributed by atoms with E-state index < -0.39 is 22.8 Å². The summed E-state index contributed by atoms with van der Waals surface area (Å²) in [6.45, 7) is 1.84. The Morgan fingerprint density at radius 1 is 1.00 bits per heavy atom. The Hall–Kier alpha value is -3.13. The van der Waals surface area contributed by atoms with Crippen molar-refractivity contribution in [3.8, 4) is 11.4 Å². The zero-order valence-corrected chi connectivity index (χ0v) is 15.3. The first kappa shape index (κ1) is 19.6. The molecule has 1 aromatic heterocycles. The second-order valence-electron chi connectivity index (χ2n) is 5.87. The van der Waals surface area contributed by atoms with Gasteiger partial charge in [0, 0.05) is 29.3 Å². The third kappa shape index (κ3) is 4.58. The van der Waals surface area contributed by atoms with E-state index in [1.54, 1.807) is 36.7 Å². The number of hydrogen-bond acceptors (Lipinski definition) is 3. The molecule has 2 N–H and O–H groups in total. The van der Waals surface area contributed by atoms with Crippen molar-refractivity contribution >= 4 is 29.0 Å². The van der Waals surface area contributed by atoms with Crippen molar-refractivity contribution in [3.63, 3.8) is 0 Å². The number of aromatic nitrogens is 2. The lowest BCUT2D eigenvalue weighted by molar-refractivity contribution is -0.137. The van der Waals surface area contributed by atoms with E-state index in [4.69, 9.17) is 11.6 Å². The third-order valence-electron chi connectivity index (χ3n) is 3.82. The molecule has 0 saturated heterocycles. The Bertz CT molecular complexity index is 1010.